The molecule has 0 spiro atoms. The first-order valence-electron chi connectivity index (χ1n) is 7.17. The molecule has 0 unspecified atom stereocenters. The summed E-state index contributed by atoms with van der Waals surface area (Å²) < 4.78 is 6.70. The molecular weight excluding hydrogens is 314 g/mol. The van der Waals surface area contributed by atoms with Crippen molar-refractivity contribution in [3.63, 3.8) is 0 Å². The van der Waals surface area contributed by atoms with Crippen LogP contribution in [-0.2, 0) is 6.42 Å². The van der Waals surface area contributed by atoms with Crippen molar-refractivity contribution in [3.8, 4) is 5.75 Å². The Bertz CT molecular complexity index is 897. The maximum absolute atomic E-state index is 6.63. The molecule has 0 aliphatic carbocycles. The SMILES string of the molecule is COc1cccc2c1CCN=C2c1sc2ccccc2c1Cl. The number of hydrogen-bond acceptors (Lipinski definition) is 3. The molecule has 1 aromatic heterocycles. The summed E-state index contributed by atoms with van der Waals surface area (Å²) in [7, 11) is 1.72. The Morgan fingerprint density at radius 2 is 2.00 bits per heavy atom. The normalized spacial score (nSPS) is 13.8. The lowest BCUT2D eigenvalue weighted by Crippen LogP contribution is -2.14. The fourth-order valence-corrected chi connectivity index (χ4v) is 4.51. The zero-order chi connectivity index (χ0) is 15.1. The number of rotatable bonds is 2. The molecule has 0 saturated heterocycles. The minimum absolute atomic E-state index is 0.771. The largest absolute Gasteiger partial charge is 0.496 e. The van der Waals surface area contributed by atoms with Crippen LogP contribution in [0.4, 0.5) is 0 Å². The molecule has 1 aliphatic rings. The fraction of sp³-hybridized carbons (Fsp3) is 0.167. The smallest absolute Gasteiger partial charge is 0.122 e. The van der Waals surface area contributed by atoms with Gasteiger partial charge in [0.2, 0.25) is 0 Å². The van der Waals surface area contributed by atoms with Gasteiger partial charge in [-0.2, -0.15) is 0 Å². The summed E-state index contributed by atoms with van der Waals surface area (Å²) >= 11 is 8.33. The second kappa shape index (κ2) is 5.41. The van der Waals surface area contributed by atoms with Crippen molar-refractivity contribution in [1.29, 1.82) is 0 Å². The summed E-state index contributed by atoms with van der Waals surface area (Å²) in [4.78, 5) is 5.81. The number of halogens is 1. The van der Waals surface area contributed by atoms with Crippen LogP contribution >= 0.6 is 22.9 Å². The molecule has 4 heteroatoms. The van der Waals surface area contributed by atoms with Crippen molar-refractivity contribution in [1.82, 2.24) is 0 Å². The van der Waals surface area contributed by atoms with Gasteiger partial charge in [-0.05, 0) is 18.6 Å². The van der Waals surface area contributed by atoms with Gasteiger partial charge in [-0.1, -0.05) is 41.9 Å². The van der Waals surface area contributed by atoms with E-state index in [0.717, 1.165) is 45.3 Å². The predicted molar refractivity (Wildman–Crippen MR) is 94.0 cm³/mol. The Labute approximate surface area is 138 Å². The predicted octanol–water partition coefficient (Wildman–Crippen LogP) is 4.96. The van der Waals surface area contributed by atoms with Gasteiger partial charge in [0, 0.05) is 27.8 Å². The van der Waals surface area contributed by atoms with Crippen LogP contribution < -0.4 is 4.74 Å². The number of benzene rings is 2. The van der Waals surface area contributed by atoms with Gasteiger partial charge >= 0.3 is 0 Å². The van der Waals surface area contributed by atoms with Gasteiger partial charge in [0.15, 0.2) is 0 Å². The Morgan fingerprint density at radius 3 is 2.82 bits per heavy atom. The molecule has 0 bridgehead atoms. The maximum Gasteiger partial charge on any atom is 0.122 e. The fourth-order valence-electron chi connectivity index (χ4n) is 2.96. The lowest BCUT2D eigenvalue weighted by molar-refractivity contribution is 0.409. The van der Waals surface area contributed by atoms with Crippen molar-refractivity contribution in [3.05, 3.63) is 63.5 Å². The van der Waals surface area contributed by atoms with Gasteiger partial charge in [0.25, 0.3) is 0 Å². The molecule has 0 atom stereocenters. The van der Waals surface area contributed by atoms with E-state index < -0.39 is 0 Å². The molecule has 22 heavy (non-hydrogen) atoms. The first-order valence-corrected chi connectivity index (χ1v) is 8.37. The molecule has 0 radical (unpaired) electrons. The molecule has 3 aromatic rings. The molecule has 4 rings (SSSR count). The van der Waals surface area contributed by atoms with Gasteiger partial charge in [-0.25, -0.2) is 0 Å². The van der Waals surface area contributed by atoms with E-state index in [1.165, 1.54) is 10.3 Å². The van der Waals surface area contributed by atoms with Gasteiger partial charge in [-0.3, -0.25) is 4.99 Å². The number of fused-ring (bicyclic) bond motifs is 2. The van der Waals surface area contributed by atoms with Crippen LogP contribution in [0.2, 0.25) is 5.02 Å². The van der Waals surface area contributed by atoms with E-state index in [9.17, 15) is 0 Å². The van der Waals surface area contributed by atoms with Gasteiger partial charge < -0.3 is 4.74 Å². The van der Waals surface area contributed by atoms with Gasteiger partial charge in [-0.15, -0.1) is 11.3 Å². The van der Waals surface area contributed by atoms with E-state index in [0.29, 0.717) is 0 Å². The van der Waals surface area contributed by atoms with Crippen LogP contribution in [0.15, 0.2) is 47.5 Å². The van der Waals surface area contributed by atoms with E-state index in [1.54, 1.807) is 18.4 Å². The molecule has 2 aromatic carbocycles. The Morgan fingerprint density at radius 1 is 1.14 bits per heavy atom. The van der Waals surface area contributed by atoms with E-state index >= 15 is 0 Å². The van der Waals surface area contributed by atoms with Crippen LogP contribution in [0.25, 0.3) is 10.1 Å². The van der Waals surface area contributed by atoms with Crippen molar-refractivity contribution < 1.29 is 4.74 Å². The zero-order valence-electron chi connectivity index (χ0n) is 12.1. The lowest BCUT2D eigenvalue weighted by atomic mass is 9.95. The molecule has 2 heterocycles. The second-order valence-corrected chi connectivity index (χ2v) is 6.64. The highest BCUT2D eigenvalue weighted by atomic mass is 35.5. The third-order valence-corrected chi connectivity index (χ3v) is 5.67. The highest BCUT2D eigenvalue weighted by molar-refractivity contribution is 7.21. The summed E-state index contributed by atoms with van der Waals surface area (Å²) in [5.41, 5.74) is 3.36. The molecule has 1 aliphatic heterocycles. The highest BCUT2D eigenvalue weighted by Gasteiger charge is 2.23. The number of nitrogens with zero attached hydrogens (tertiary/aromatic N) is 1. The zero-order valence-corrected chi connectivity index (χ0v) is 13.7. The molecule has 2 nitrogen and oxygen atoms in total. The summed E-state index contributed by atoms with van der Waals surface area (Å²) in [5.74, 6) is 0.933. The number of methoxy groups -OCH3 is 1. The number of thiophene rings is 1. The van der Waals surface area contributed by atoms with Crippen molar-refractivity contribution >= 4 is 38.7 Å². The lowest BCUT2D eigenvalue weighted by Gasteiger charge is -2.19. The Balaban J connectivity index is 1.93. The third kappa shape index (κ3) is 2.04. The highest BCUT2D eigenvalue weighted by Crippen LogP contribution is 2.39. The van der Waals surface area contributed by atoms with Crippen LogP contribution in [0.3, 0.4) is 0 Å². The molecule has 0 fully saturated rings. The van der Waals surface area contributed by atoms with Crippen LogP contribution in [0, 0.1) is 0 Å². The van der Waals surface area contributed by atoms with E-state index in [4.69, 9.17) is 21.3 Å². The topological polar surface area (TPSA) is 21.6 Å². The number of aliphatic imine (C=N–C) groups is 1. The van der Waals surface area contributed by atoms with Gasteiger partial charge in [0.05, 0.1) is 22.7 Å². The first-order chi connectivity index (χ1) is 10.8. The monoisotopic (exact) mass is 327 g/mol. The molecule has 0 amide bonds. The second-order valence-electron chi connectivity index (χ2n) is 5.21. The van der Waals surface area contributed by atoms with Crippen molar-refractivity contribution in [2.24, 2.45) is 4.99 Å². The molecule has 110 valence electrons. The van der Waals surface area contributed by atoms with Crippen molar-refractivity contribution in [2.75, 3.05) is 13.7 Å². The van der Waals surface area contributed by atoms with Crippen molar-refractivity contribution in [2.45, 2.75) is 6.42 Å². The maximum atomic E-state index is 6.63. The Hall–Kier alpha value is -1.84. The number of hydrogen-bond donors (Lipinski definition) is 0. The molecular formula is C18H14ClNOS. The minimum Gasteiger partial charge on any atom is -0.496 e. The average Bonchev–Trinajstić information content (AvgIpc) is 2.91. The quantitative estimate of drug-likeness (QED) is 0.652. The van der Waals surface area contributed by atoms with Crippen LogP contribution in [0.5, 0.6) is 5.75 Å². The standard InChI is InChI=1S/C18H14ClNOS/c1-21-14-7-4-6-12-11(14)9-10-20-17(12)18-16(19)13-5-2-3-8-15(13)22-18/h2-8H,9-10H2,1H3. The molecule has 0 N–H and O–H groups in total. The van der Waals surface area contributed by atoms with E-state index in [1.807, 2.05) is 24.3 Å². The van der Waals surface area contributed by atoms with Crippen LogP contribution in [-0.4, -0.2) is 19.4 Å². The summed E-state index contributed by atoms with van der Waals surface area (Å²) in [6.45, 7) is 0.771. The number of ether oxygens (including phenoxy) is 1. The van der Waals surface area contributed by atoms with Gasteiger partial charge in [0.1, 0.15) is 5.75 Å². The third-order valence-electron chi connectivity index (χ3n) is 3.99. The van der Waals surface area contributed by atoms with Crippen LogP contribution in [0.1, 0.15) is 16.0 Å². The average molecular weight is 328 g/mol. The summed E-state index contributed by atoms with van der Waals surface area (Å²) in [6.07, 6.45) is 0.908. The summed E-state index contributed by atoms with van der Waals surface area (Å²) in [6, 6.07) is 14.4. The van der Waals surface area contributed by atoms with E-state index in [2.05, 4.69) is 18.2 Å². The first kappa shape index (κ1) is 13.8. The Kier molecular flexibility index (Phi) is 3.40. The summed E-state index contributed by atoms with van der Waals surface area (Å²) in [5, 5.41) is 1.90. The van der Waals surface area contributed by atoms with E-state index in [-0.39, 0.29) is 0 Å². The minimum atomic E-state index is 0.771. The molecule has 0 saturated carbocycles.